The Morgan fingerprint density at radius 3 is 2.62 bits per heavy atom. The summed E-state index contributed by atoms with van der Waals surface area (Å²) in [6.07, 6.45) is 3.64. The number of nitrogens with one attached hydrogen (secondary N) is 2. The number of carbonyl (C=O) groups excluding carboxylic acids is 2. The van der Waals surface area contributed by atoms with Gasteiger partial charge in [-0.2, -0.15) is 0 Å². The average molecular weight is 505 g/mol. The number of hydrogen-bond donors (Lipinski definition) is 2. The van der Waals surface area contributed by atoms with Crippen LogP contribution in [0.1, 0.15) is 30.9 Å². The number of hydrogen-bond acceptors (Lipinski definition) is 7. The molecular weight excluding hydrogens is 472 g/mol. The summed E-state index contributed by atoms with van der Waals surface area (Å²) >= 11 is 0. The zero-order valence-corrected chi connectivity index (χ0v) is 21.1. The first kappa shape index (κ1) is 26.4. The van der Waals surface area contributed by atoms with Gasteiger partial charge >= 0.3 is 0 Å². The van der Waals surface area contributed by atoms with E-state index in [1.165, 1.54) is 12.1 Å². The molecule has 1 aliphatic rings. The summed E-state index contributed by atoms with van der Waals surface area (Å²) < 4.78 is 5.67. The van der Waals surface area contributed by atoms with Gasteiger partial charge in [-0.1, -0.05) is 37.3 Å². The predicted octanol–water partition coefficient (Wildman–Crippen LogP) is 3.39. The molecule has 1 saturated heterocycles. The van der Waals surface area contributed by atoms with E-state index in [2.05, 4.69) is 15.6 Å². The lowest BCUT2D eigenvalue weighted by atomic mass is 9.93. The summed E-state index contributed by atoms with van der Waals surface area (Å²) in [7, 11) is 1.60. The number of fused-ring (bicyclic) bond motifs is 1. The number of amides is 1. The fourth-order valence-electron chi connectivity index (χ4n) is 4.93. The number of aromatic nitrogens is 1. The molecule has 1 aliphatic heterocycles. The van der Waals surface area contributed by atoms with Crippen molar-refractivity contribution in [2.45, 2.75) is 50.8 Å². The van der Waals surface area contributed by atoms with E-state index in [1.54, 1.807) is 25.4 Å². The number of pyridine rings is 1. The number of rotatable bonds is 11. The van der Waals surface area contributed by atoms with Crippen molar-refractivity contribution in [3.63, 3.8) is 0 Å². The van der Waals surface area contributed by atoms with Crippen molar-refractivity contribution >= 4 is 28.3 Å². The third-order valence-electron chi connectivity index (χ3n) is 6.99. The molecule has 1 amide bonds. The van der Waals surface area contributed by atoms with Crippen molar-refractivity contribution in [2.24, 2.45) is 5.92 Å². The van der Waals surface area contributed by atoms with Gasteiger partial charge in [-0.25, -0.2) is 0 Å². The standard InChI is InChI=1S/C28H32N4O5/c1-18(27(37-2)24-8-5-13-29-24)28(34)31-25(15-19-9-11-22(12-10-19)32(35)36)26(33)16-20-14-21-6-3-4-7-23(21)30-17-20/h3-4,6-7,9-12,14,17-18,24-25,27,29H,5,8,13,15-16H2,1-2H3,(H,31,34)/t18-,24+,25?,27-/m1/s1. The van der Waals surface area contributed by atoms with Crippen molar-refractivity contribution in [1.82, 2.24) is 15.6 Å². The molecule has 2 aromatic carbocycles. The number of carbonyl (C=O) groups is 2. The number of nitrogens with zero attached hydrogens (tertiary/aromatic N) is 2. The highest BCUT2D eigenvalue weighted by Crippen LogP contribution is 2.20. The molecule has 2 N–H and O–H groups in total. The maximum atomic E-state index is 13.5. The number of nitro groups is 1. The minimum Gasteiger partial charge on any atom is -0.379 e. The maximum Gasteiger partial charge on any atom is 0.269 e. The number of methoxy groups -OCH3 is 1. The van der Waals surface area contributed by atoms with Gasteiger partial charge in [-0.05, 0) is 49.1 Å². The monoisotopic (exact) mass is 504 g/mol. The molecule has 1 aromatic heterocycles. The minimum atomic E-state index is -0.808. The molecular formula is C28H32N4O5. The Hall–Kier alpha value is -3.69. The molecule has 9 heteroatoms. The van der Waals surface area contributed by atoms with Gasteiger partial charge in [-0.3, -0.25) is 24.7 Å². The largest absolute Gasteiger partial charge is 0.379 e. The number of Topliss-reactive ketones (excluding diaryl/α,β-unsaturated/α-hetero) is 1. The molecule has 0 spiro atoms. The van der Waals surface area contributed by atoms with E-state index < -0.39 is 16.9 Å². The van der Waals surface area contributed by atoms with Crippen molar-refractivity contribution in [3.05, 3.63) is 82.0 Å². The summed E-state index contributed by atoms with van der Waals surface area (Å²) in [6.45, 7) is 2.70. The third kappa shape index (κ3) is 6.55. The maximum absolute atomic E-state index is 13.5. The van der Waals surface area contributed by atoms with Crippen LogP contribution in [0.2, 0.25) is 0 Å². The number of nitro benzene ring substituents is 1. The highest BCUT2D eigenvalue weighted by atomic mass is 16.6. The summed E-state index contributed by atoms with van der Waals surface area (Å²) in [5.74, 6) is -0.906. The van der Waals surface area contributed by atoms with Gasteiger partial charge in [0, 0.05) is 43.3 Å². The van der Waals surface area contributed by atoms with Gasteiger partial charge in [0.2, 0.25) is 5.91 Å². The number of ketones is 1. The Balaban J connectivity index is 1.53. The normalized spacial score (nSPS) is 17.7. The molecule has 4 rings (SSSR count). The van der Waals surface area contributed by atoms with Crippen LogP contribution in [0.15, 0.2) is 60.8 Å². The molecule has 37 heavy (non-hydrogen) atoms. The first-order valence-electron chi connectivity index (χ1n) is 12.5. The lowest BCUT2D eigenvalue weighted by Crippen LogP contribution is -2.50. The van der Waals surface area contributed by atoms with Crippen LogP contribution in [0.4, 0.5) is 5.69 Å². The Morgan fingerprint density at radius 1 is 1.19 bits per heavy atom. The van der Waals surface area contributed by atoms with Crippen LogP contribution in [0.25, 0.3) is 10.9 Å². The highest BCUT2D eigenvalue weighted by molar-refractivity contribution is 5.92. The molecule has 1 fully saturated rings. The van der Waals surface area contributed by atoms with Gasteiger partial charge in [0.1, 0.15) is 0 Å². The molecule has 9 nitrogen and oxygen atoms in total. The Kier molecular flexibility index (Phi) is 8.58. The minimum absolute atomic E-state index is 0.0291. The molecule has 3 aromatic rings. The lowest BCUT2D eigenvalue weighted by Gasteiger charge is -2.29. The summed E-state index contributed by atoms with van der Waals surface area (Å²) in [5, 5.41) is 18.3. The first-order chi connectivity index (χ1) is 17.9. The predicted molar refractivity (Wildman–Crippen MR) is 140 cm³/mol. The van der Waals surface area contributed by atoms with Crippen LogP contribution in [-0.4, -0.2) is 53.4 Å². The van der Waals surface area contributed by atoms with Crippen LogP contribution in [0.5, 0.6) is 0 Å². The topological polar surface area (TPSA) is 123 Å². The van der Waals surface area contributed by atoms with E-state index in [1.807, 2.05) is 37.3 Å². The molecule has 0 aliphatic carbocycles. The van der Waals surface area contributed by atoms with Crippen molar-refractivity contribution < 1.29 is 19.2 Å². The second-order valence-corrected chi connectivity index (χ2v) is 9.56. The summed E-state index contributed by atoms with van der Waals surface area (Å²) in [4.78, 5) is 41.8. The smallest absolute Gasteiger partial charge is 0.269 e. The van der Waals surface area contributed by atoms with E-state index in [0.29, 0.717) is 5.56 Å². The van der Waals surface area contributed by atoms with E-state index >= 15 is 0 Å². The number of ether oxygens (including phenoxy) is 1. The highest BCUT2D eigenvalue weighted by Gasteiger charge is 2.34. The average Bonchev–Trinajstić information content (AvgIpc) is 3.43. The van der Waals surface area contributed by atoms with Crippen molar-refractivity contribution in [1.29, 1.82) is 0 Å². The Bertz CT molecular complexity index is 1260. The Morgan fingerprint density at radius 2 is 1.95 bits per heavy atom. The van der Waals surface area contributed by atoms with Gasteiger partial charge in [0.05, 0.1) is 28.5 Å². The molecule has 4 atom stereocenters. The van der Waals surface area contributed by atoms with E-state index in [0.717, 1.165) is 35.9 Å². The van der Waals surface area contributed by atoms with Crippen LogP contribution >= 0.6 is 0 Å². The fourth-order valence-corrected chi connectivity index (χ4v) is 4.93. The SMILES string of the molecule is CO[C@@H]([C@@H]1CCCN1)[C@@H](C)C(=O)NC(Cc1ccc([N+](=O)[O-])cc1)C(=O)Cc1cnc2ccccc2c1. The number of non-ortho nitro benzene ring substituents is 1. The third-order valence-corrected chi connectivity index (χ3v) is 6.99. The van der Waals surface area contributed by atoms with Gasteiger partial charge < -0.3 is 15.4 Å². The van der Waals surface area contributed by atoms with Gasteiger partial charge in [-0.15, -0.1) is 0 Å². The van der Waals surface area contributed by atoms with E-state index in [9.17, 15) is 19.7 Å². The molecule has 0 bridgehead atoms. The molecule has 194 valence electrons. The van der Waals surface area contributed by atoms with E-state index in [4.69, 9.17) is 4.74 Å². The molecule has 0 radical (unpaired) electrons. The number of benzene rings is 2. The fraction of sp³-hybridized carbons (Fsp3) is 0.393. The second-order valence-electron chi connectivity index (χ2n) is 9.56. The number of para-hydroxylation sites is 1. The second kappa shape index (κ2) is 12.0. The first-order valence-corrected chi connectivity index (χ1v) is 12.5. The zero-order chi connectivity index (χ0) is 26.4. The quantitative estimate of drug-likeness (QED) is 0.303. The molecule has 0 saturated carbocycles. The van der Waals surface area contributed by atoms with Crippen LogP contribution in [-0.2, 0) is 27.2 Å². The van der Waals surface area contributed by atoms with Gasteiger partial charge in [0.25, 0.3) is 5.69 Å². The summed E-state index contributed by atoms with van der Waals surface area (Å²) in [5.41, 5.74) is 2.28. The van der Waals surface area contributed by atoms with E-state index in [-0.39, 0.29) is 42.4 Å². The van der Waals surface area contributed by atoms with Gasteiger partial charge in [0.15, 0.2) is 5.78 Å². The lowest BCUT2D eigenvalue weighted by molar-refractivity contribution is -0.384. The Labute approximate surface area is 215 Å². The van der Waals surface area contributed by atoms with Crippen LogP contribution < -0.4 is 10.6 Å². The van der Waals surface area contributed by atoms with Crippen molar-refractivity contribution in [3.8, 4) is 0 Å². The molecule has 2 heterocycles. The zero-order valence-electron chi connectivity index (χ0n) is 21.1. The molecule has 1 unspecified atom stereocenters. The summed E-state index contributed by atoms with van der Waals surface area (Å²) in [6, 6.07) is 14.9. The van der Waals surface area contributed by atoms with Crippen LogP contribution in [0.3, 0.4) is 0 Å². The van der Waals surface area contributed by atoms with Crippen LogP contribution in [0, 0.1) is 16.0 Å². The van der Waals surface area contributed by atoms with Crippen molar-refractivity contribution in [2.75, 3.05) is 13.7 Å².